The maximum Gasteiger partial charge on any atom is 0.0825 e. The average molecular weight is 163 g/mol. The molecule has 1 atom stereocenters. The molecule has 1 aromatic carbocycles. The normalized spacial score (nSPS) is 22.8. The zero-order valence-corrected chi connectivity index (χ0v) is 6.99. The predicted molar refractivity (Wildman–Crippen MR) is 48.8 cm³/mol. The van der Waals surface area contributed by atoms with Crippen molar-refractivity contribution in [3.8, 4) is 0 Å². The number of nitrogen functional groups attached to an aromatic ring is 1. The van der Waals surface area contributed by atoms with Crippen LogP contribution in [-0.2, 0) is 4.74 Å². The summed E-state index contributed by atoms with van der Waals surface area (Å²) in [5.74, 6) is 0. The van der Waals surface area contributed by atoms with Crippen molar-refractivity contribution in [2.75, 3.05) is 12.3 Å². The molecule has 0 aromatic heterocycles. The maximum absolute atomic E-state index is 5.58. The summed E-state index contributed by atoms with van der Waals surface area (Å²) < 4.78 is 5.54. The molecule has 1 saturated heterocycles. The summed E-state index contributed by atoms with van der Waals surface area (Å²) in [7, 11) is 0. The summed E-state index contributed by atoms with van der Waals surface area (Å²) in [6, 6.07) is 7.95. The molecule has 64 valence electrons. The molecule has 12 heavy (non-hydrogen) atoms. The van der Waals surface area contributed by atoms with Crippen LogP contribution in [0.5, 0.6) is 0 Å². The molecule has 0 amide bonds. The second-order valence-electron chi connectivity index (χ2n) is 3.17. The molecule has 1 fully saturated rings. The lowest BCUT2D eigenvalue weighted by atomic mass is 10.1. The topological polar surface area (TPSA) is 35.2 Å². The molecular weight excluding hydrogens is 150 g/mol. The molecule has 2 nitrogen and oxygen atoms in total. The zero-order chi connectivity index (χ0) is 8.39. The van der Waals surface area contributed by atoms with Gasteiger partial charge >= 0.3 is 0 Å². The van der Waals surface area contributed by atoms with Crippen molar-refractivity contribution in [1.29, 1.82) is 0 Å². The van der Waals surface area contributed by atoms with Gasteiger partial charge in [-0.25, -0.2) is 0 Å². The van der Waals surface area contributed by atoms with Crippen molar-refractivity contribution >= 4 is 5.69 Å². The molecule has 1 aliphatic heterocycles. The molecule has 0 aliphatic carbocycles. The Balaban J connectivity index is 2.17. The van der Waals surface area contributed by atoms with Gasteiger partial charge in [0.05, 0.1) is 6.10 Å². The van der Waals surface area contributed by atoms with E-state index in [1.807, 2.05) is 24.3 Å². The standard InChI is InChI=1S/C10H13NO/c11-9-5-3-8(4-6-9)10-2-1-7-12-10/h3-6,10H,1-2,7,11H2/t10-/m0/s1. The lowest BCUT2D eigenvalue weighted by molar-refractivity contribution is 0.112. The lowest BCUT2D eigenvalue weighted by Gasteiger charge is -2.08. The lowest BCUT2D eigenvalue weighted by Crippen LogP contribution is -1.95. The highest BCUT2D eigenvalue weighted by atomic mass is 16.5. The van der Waals surface area contributed by atoms with Crippen LogP contribution in [0.1, 0.15) is 24.5 Å². The third-order valence-electron chi connectivity index (χ3n) is 2.24. The van der Waals surface area contributed by atoms with Gasteiger partial charge in [-0.15, -0.1) is 0 Å². The number of ether oxygens (including phenoxy) is 1. The second kappa shape index (κ2) is 3.15. The van der Waals surface area contributed by atoms with Crippen LogP contribution >= 0.6 is 0 Å². The van der Waals surface area contributed by atoms with E-state index < -0.39 is 0 Å². The van der Waals surface area contributed by atoms with E-state index in [1.165, 1.54) is 12.0 Å². The van der Waals surface area contributed by atoms with Crippen molar-refractivity contribution in [1.82, 2.24) is 0 Å². The number of hydrogen-bond donors (Lipinski definition) is 1. The van der Waals surface area contributed by atoms with E-state index in [9.17, 15) is 0 Å². The Labute approximate surface area is 72.3 Å². The number of hydrogen-bond acceptors (Lipinski definition) is 2. The van der Waals surface area contributed by atoms with Gasteiger partial charge in [-0.1, -0.05) is 12.1 Å². The Kier molecular flexibility index (Phi) is 2.00. The number of anilines is 1. The molecule has 0 spiro atoms. The molecule has 0 saturated carbocycles. The number of nitrogens with two attached hydrogens (primary N) is 1. The summed E-state index contributed by atoms with van der Waals surface area (Å²) in [5, 5.41) is 0. The molecule has 2 heteroatoms. The van der Waals surface area contributed by atoms with Crippen molar-refractivity contribution in [3.05, 3.63) is 29.8 Å². The minimum Gasteiger partial charge on any atom is -0.399 e. The van der Waals surface area contributed by atoms with E-state index in [1.54, 1.807) is 0 Å². The second-order valence-corrected chi connectivity index (χ2v) is 3.17. The first-order chi connectivity index (χ1) is 5.86. The summed E-state index contributed by atoms with van der Waals surface area (Å²) in [4.78, 5) is 0. The van der Waals surface area contributed by atoms with Crippen LogP contribution < -0.4 is 5.73 Å². The maximum atomic E-state index is 5.58. The van der Waals surface area contributed by atoms with E-state index in [0.29, 0.717) is 6.10 Å². The Morgan fingerprint density at radius 2 is 2.00 bits per heavy atom. The smallest absolute Gasteiger partial charge is 0.0825 e. The van der Waals surface area contributed by atoms with Gasteiger partial charge in [-0.05, 0) is 30.5 Å². The van der Waals surface area contributed by atoms with E-state index in [0.717, 1.165) is 18.7 Å². The first-order valence-electron chi connectivity index (χ1n) is 4.33. The van der Waals surface area contributed by atoms with Crippen LogP contribution in [0.25, 0.3) is 0 Å². The minimum atomic E-state index is 0.311. The first-order valence-corrected chi connectivity index (χ1v) is 4.33. The molecule has 0 radical (unpaired) electrons. The van der Waals surface area contributed by atoms with Crippen LogP contribution in [-0.4, -0.2) is 6.61 Å². The molecule has 2 N–H and O–H groups in total. The average Bonchev–Trinajstić information content (AvgIpc) is 2.58. The molecule has 1 heterocycles. The summed E-state index contributed by atoms with van der Waals surface area (Å²) in [6.07, 6.45) is 2.63. The molecule has 2 rings (SSSR count). The van der Waals surface area contributed by atoms with Gasteiger partial charge in [0, 0.05) is 12.3 Å². The Bertz CT molecular complexity index is 249. The molecule has 1 aromatic rings. The van der Waals surface area contributed by atoms with Crippen molar-refractivity contribution in [2.45, 2.75) is 18.9 Å². The van der Waals surface area contributed by atoms with Gasteiger partial charge in [-0.3, -0.25) is 0 Å². The van der Waals surface area contributed by atoms with Gasteiger partial charge in [0.1, 0.15) is 0 Å². The number of rotatable bonds is 1. The highest BCUT2D eigenvalue weighted by Gasteiger charge is 2.16. The molecular formula is C10H13NO. The van der Waals surface area contributed by atoms with Gasteiger partial charge in [0.2, 0.25) is 0 Å². The van der Waals surface area contributed by atoms with Gasteiger partial charge in [0.25, 0.3) is 0 Å². The largest absolute Gasteiger partial charge is 0.399 e. The van der Waals surface area contributed by atoms with Crippen LogP contribution in [0.15, 0.2) is 24.3 Å². The quantitative estimate of drug-likeness (QED) is 0.643. The summed E-state index contributed by atoms with van der Waals surface area (Å²) in [5.41, 5.74) is 7.65. The SMILES string of the molecule is Nc1ccc([C@@H]2CCCO2)cc1. The summed E-state index contributed by atoms with van der Waals surface area (Å²) >= 11 is 0. The summed E-state index contributed by atoms with van der Waals surface area (Å²) in [6.45, 7) is 0.898. The third-order valence-corrected chi connectivity index (χ3v) is 2.24. The Morgan fingerprint density at radius 1 is 1.25 bits per heavy atom. The van der Waals surface area contributed by atoms with Crippen LogP contribution in [0, 0.1) is 0 Å². The fourth-order valence-electron chi connectivity index (χ4n) is 1.55. The van der Waals surface area contributed by atoms with E-state index in [2.05, 4.69) is 0 Å². The van der Waals surface area contributed by atoms with Gasteiger partial charge in [-0.2, -0.15) is 0 Å². The monoisotopic (exact) mass is 163 g/mol. The van der Waals surface area contributed by atoms with Gasteiger partial charge in [0.15, 0.2) is 0 Å². The van der Waals surface area contributed by atoms with Crippen LogP contribution in [0.2, 0.25) is 0 Å². The predicted octanol–water partition coefficient (Wildman–Crippen LogP) is 2.12. The fraction of sp³-hybridized carbons (Fsp3) is 0.400. The first kappa shape index (κ1) is 7.62. The molecule has 1 aliphatic rings. The Morgan fingerprint density at radius 3 is 2.58 bits per heavy atom. The van der Waals surface area contributed by atoms with Gasteiger partial charge < -0.3 is 10.5 Å². The highest BCUT2D eigenvalue weighted by Crippen LogP contribution is 2.28. The molecule has 0 bridgehead atoms. The van der Waals surface area contributed by atoms with E-state index >= 15 is 0 Å². The van der Waals surface area contributed by atoms with Crippen molar-refractivity contribution in [2.24, 2.45) is 0 Å². The highest BCUT2D eigenvalue weighted by molar-refractivity contribution is 5.39. The number of benzene rings is 1. The fourth-order valence-corrected chi connectivity index (χ4v) is 1.55. The van der Waals surface area contributed by atoms with Crippen molar-refractivity contribution < 1.29 is 4.74 Å². The third kappa shape index (κ3) is 1.43. The molecule has 0 unspecified atom stereocenters. The van der Waals surface area contributed by atoms with Crippen molar-refractivity contribution in [3.63, 3.8) is 0 Å². The van der Waals surface area contributed by atoms with Crippen LogP contribution in [0.3, 0.4) is 0 Å². The van der Waals surface area contributed by atoms with Crippen LogP contribution in [0.4, 0.5) is 5.69 Å². The minimum absolute atomic E-state index is 0.311. The van der Waals surface area contributed by atoms with E-state index in [4.69, 9.17) is 10.5 Å². The van der Waals surface area contributed by atoms with E-state index in [-0.39, 0.29) is 0 Å². The Hall–Kier alpha value is -1.02. The zero-order valence-electron chi connectivity index (χ0n) is 6.99.